The van der Waals surface area contributed by atoms with Gasteiger partial charge < -0.3 is 19.3 Å². The fraction of sp³-hybridized carbons (Fsp3) is 0.238. The number of carbonyl (C=O) groups is 1. The normalized spacial score (nSPS) is 10.5. The van der Waals surface area contributed by atoms with Gasteiger partial charge in [0.05, 0.1) is 12.7 Å². The molecule has 140 valence electrons. The topological polar surface area (TPSA) is 73.6 Å². The Labute approximate surface area is 158 Å². The molecule has 1 aromatic heterocycles. The van der Waals surface area contributed by atoms with Crippen LogP contribution in [0.2, 0.25) is 0 Å². The van der Waals surface area contributed by atoms with Crippen LogP contribution in [-0.2, 0) is 6.61 Å². The van der Waals surface area contributed by atoms with E-state index in [1.807, 2.05) is 50.2 Å². The minimum atomic E-state index is -0.334. The summed E-state index contributed by atoms with van der Waals surface area (Å²) >= 11 is 0. The monoisotopic (exact) mass is 366 g/mol. The predicted molar refractivity (Wildman–Crippen MR) is 102 cm³/mol. The van der Waals surface area contributed by atoms with Crippen LogP contribution in [-0.4, -0.2) is 18.2 Å². The van der Waals surface area contributed by atoms with Gasteiger partial charge in [0.2, 0.25) is 0 Å². The van der Waals surface area contributed by atoms with E-state index in [1.54, 1.807) is 20.1 Å². The summed E-state index contributed by atoms with van der Waals surface area (Å²) in [5.41, 5.74) is 3.67. The molecule has 0 fully saturated rings. The lowest BCUT2D eigenvalue weighted by Gasteiger charge is -2.11. The quantitative estimate of drug-likeness (QED) is 0.698. The Bertz CT molecular complexity index is 963. The molecule has 2 aromatic carbocycles. The molecule has 0 saturated heterocycles. The molecule has 3 aromatic rings. The Kier molecular flexibility index (Phi) is 5.45. The molecule has 1 N–H and O–H groups in total. The number of nitrogens with one attached hydrogen (secondary N) is 1. The van der Waals surface area contributed by atoms with Gasteiger partial charge in [0.1, 0.15) is 12.4 Å². The van der Waals surface area contributed by atoms with E-state index in [2.05, 4.69) is 10.5 Å². The summed E-state index contributed by atoms with van der Waals surface area (Å²) in [4.78, 5) is 12.7. The van der Waals surface area contributed by atoms with E-state index in [1.165, 1.54) is 0 Å². The SMILES string of the molecule is COc1ccccc1OCc1c(C(=O)Nc2cccc(C)c2C)noc1C. The van der Waals surface area contributed by atoms with E-state index >= 15 is 0 Å². The van der Waals surface area contributed by atoms with Crippen molar-refractivity contribution in [3.05, 3.63) is 70.6 Å². The Morgan fingerprint density at radius 1 is 1.07 bits per heavy atom. The molecular weight excluding hydrogens is 344 g/mol. The van der Waals surface area contributed by atoms with Gasteiger partial charge in [-0.1, -0.05) is 29.4 Å². The second-order valence-corrected chi connectivity index (χ2v) is 6.21. The molecule has 6 nitrogen and oxygen atoms in total. The van der Waals surface area contributed by atoms with Crippen LogP contribution in [0.5, 0.6) is 11.5 Å². The third-order valence-corrected chi connectivity index (χ3v) is 4.49. The molecule has 1 amide bonds. The van der Waals surface area contributed by atoms with Gasteiger partial charge >= 0.3 is 0 Å². The first-order valence-electron chi connectivity index (χ1n) is 8.59. The number of para-hydroxylation sites is 2. The van der Waals surface area contributed by atoms with Crippen molar-refractivity contribution in [2.75, 3.05) is 12.4 Å². The Morgan fingerprint density at radius 2 is 1.81 bits per heavy atom. The van der Waals surface area contributed by atoms with Crippen LogP contribution in [0.4, 0.5) is 5.69 Å². The number of methoxy groups -OCH3 is 1. The van der Waals surface area contributed by atoms with E-state index in [0.29, 0.717) is 22.8 Å². The van der Waals surface area contributed by atoms with Crippen LogP contribution in [0.1, 0.15) is 32.9 Å². The highest BCUT2D eigenvalue weighted by atomic mass is 16.5. The minimum absolute atomic E-state index is 0.144. The number of hydrogen-bond donors (Lipinski definition) is 1. The van der Waals surface area contributed by atoms with Crippen LogP contribution < -0.4 is 14.8 Å². The highest BCUT2D eigenvalue weighted by Crippen LogP contribution is 2.28. The van der Waals surface area contributed by atoms with Gasteiger partial charge in [0, 0.05) is 5.69 Å². The third-order valence-electron chi connectivity index (χ3n) is 4.49. The molecule has 3 rings (SSSR count). The summed E-state index contributed by atoms with van der Waals surface area (Å²) < 4.78 is 16.3. The summed E-state index contributed by atoms with van der Waals surface area (Å²) in [6.07, 6.45) is 0. The van der Waals surface area contributed by atoms with Gasteiger partial charge in [-0.05, 0) is 50.1 Å². The second-order valence-electron chi connectivity index (χ2n) is 6.21. The average molecular weight is 366 g/mol. The molecule has 1 heterocycles. The molecule has 0 spiro atoms. The first-order valence-corrected chi connectivity index (χ1v) is 8.59. The summed E-state index contributed by atoms with van der Waals surface area (Å²) in [5.74, 6) is 1.41. The number of anilines is 1. The number of hydrogen-bond acceptors (Lipinski definition) is 5. The number of carbonyl (C=O) groups excluding carboxylic acids is 1. The van der Waals surface area contributed by atoms with Crippen molar-refractivity contribution < 1.29 is 18.8 Å². The van der Waals surface area contributed by atoms with Gasteiger partial charge in [0.25, 0.3) is 5.91 Å². The minimum Gasteiger partial charge on any atom is -0.493 e. The van der Waals surface area contributed by atoms with Crippen molar-refractivity contribution in [1.29, 1.82) is 0 Å². The van der Waals surface area contributed by atoms with Gasteiger partial charge in [-0.15, -0.1) is 0 Å². The zero-order valence-corrected chi connectivity index (χ0v) is 15.8. The average Bonchev–Trinajstić information content (AvgIpc) is 3.04. The number of benzene rings is 2. The van der Waals surface area contributed by atoms with Crippen molar-refractivity contribution >= 4 is 11.6 Å². The molecule has 0 aliphatic carbocycles. The van der Waals surface area contributed by atoms with Crippen LogP contribution >= 0.6 is 0 Å². The first-order chi connectivity index (χ1) is 13.0. The molecule has 0 atom stereocenters. The van der Waals surface area contributed by atoms with E-state index in [9.17, 15) is 4.79 Å². The van der Waals surface area contributed by atoms with Crippen molar-refractivity contribution in [3.8, 4) is 11.5 Å². The van der Waals surface area contributed by atoms with Crippen molar-refractivity contribution in [2.45, 2.75) is 27.4 Å². The smallest absolute Gasteiger partial charge is 0.278 e. The maximum Gasteiger partial charge on any atom is 0.278 e. The van der Waals surface area contributed by atoms with Gasteiger partial charge in [0.15, 0.2) is 17.2 Å². The first kappa shape index (κ1) is 18.5. The summed E-state index contributed by atoms with van der Waals surface area (Å²) in [6, 6.07) is 13.1. The molecule has 0 saturated carbocycles. The fourth-order valence-corrected chi connectivity index (χ4v) is 2.70. The maximum absolute atomic E-state index is 12.7. The Hall–Kier alpha value is -3.28. The fourth-order valence-electron chi connectivity index (χ4n) is 2.70. The number of aryl methyl sites for hydroxylation is 2. The lowest BCUT2D eigenvalue weighted by molar-refractivity contribution is 0.101. The second kappa shape index (κ2) is 7.95. The van der Waals surface area contributed by atoms with Crippen molar-refractivity contribution in [1.82, 2.24) is 5.16 Å². The molecule has 6 heteroatoms. The van der Waals surface area contributed by atoms with Gasteiger partial charge in [-0.25, -0.2) is 0 Å². The predicted octanol–water partition coefficient (Wildman–Crippen LogP) is 4.44. The summed E-state index contributed by atoms with van der Waals surface area (Å²) in [6.45, 7) is 5.86. The molecule has 0 aliphatic heterocycles. The number of rotatable bonds is 6. The molecule has 0 radical (unpaired) electrons. The highest BCUT2D eigenvalue weighted by Gasteiger charge is 2.21. The van der Waals surface area contributed by atoms with Gasteiger partial charge in [-0.2, -0.15) is 0 Å². The zero-order valence-electron chi connectivity index (χ0n) is 15.8. The Morgan fingerprint density at radius 3 is 2.56 bits per heavy atom. The zero-order chi connectivity index (χ0) is 19.4. The van der Waals surface area contributed by atoms with E-state index in [0.717, 1.165) is 16.8 Å². The molecule has 0 unspecified atom stereocenters. The molecule has 0 bridgehead atoms. The summed E-state index contributed by atoms with van der Waals surface area (Å²) in [5, 5.41) is 6.82. The molecular formula is C21H22N2O4. The van der Waals surface area contributed by atoms with E-state index in [-0.39, 0.29) is 18.2 Å². The lowest BCUT2D eigenvalue weighted by atomic mass is 10.1. The van der Waals surface area contributed by atoms with Gasteiger partial charge in [-0.3, -0.25) is 4.79 Å². The van der Waals surface area contributed by atoms with Crippen LogP contribution in [0, 0.1) is 20.8 Å². The van der Waals surface area contributed by atoms with Crippen molar-refractivity contribution in [2.24, 2.45) is 0 Å². The van der Waals surface area contributed by atoms with Crippen LogP contribution in [0.3, 0.4) is 0 Å². The van der Waals surface area contributed by atoms with Crippen LogP contribution in [0.15, 0.2) is 47.0 Å². The number of aromatic nitrogens is 1. The standard InChI is InChI=1S/C21H22N2O4/c1-13-8-7-9-17(14(13)2)22-21(24)20-16(15(3)27-23-20)12-26-19-11-6-5-10-18(19)25-4/h5-11H,12H2,1-4H3,(H,22,24). The van der Waals surface area contributed by atoms with E-state index in [4.69, 9.17) is 14.0 Å². The summed E-state index contributed by atoms with van der Waals surface area (Å²) in [7, 11) is 1.58. The van der Waals surface area contributed by atoms with Crippen LogP contribution in [0.25, 0.3) is 0 Å². The maximum atomic E-state index is 12.7. The number of nitrogens with zero attached hydrogens (tertiary/aromatic N) is 1. The van der Waals surface area contributed by atoms with E-state index < -0.39 is 0 Å². The van der Waals surface area contributed by atoms with Crippen molar-refractivity contribution in [3.63, 3.8) is 0 Å². The third kappa shape index (κ3) is 3.95. The molecule has 27 heavy (non-hydrogen) atoms. The number of ether oxygens (including phenoxy) is 2. The lowest BCUT2D eigenvalue weighted by Crippen LogP contribution is -2.16. The number of amides is 1. The molecule has 0 aliphatic rings. The largest absolute Gasteiger partial charge is 0.493 e. The highest BCUT2D eigenvalue weighted by molar-refractivity contribution is 6.04. The Balaban J connectivity index is 1.80.